The minimum Gasteiger partial charge on any atom is -0.396 e. The lowest BCUT2D eigenvalue weighted by molar-refractivity contribution is 0.0951. The molecule has 0 fully saturated rings. The van der Waals surface area contributed by atoms with E-state index in [1.54, 1.807) is 17.1 Å². The van der Waals surface area contributed by atoms with Crippen LogP contribution in [0.4, 0.5) is 5.69 Å². The third-order valence-corrected chi connectivity index (χ3v) is 3.26. The summed E-state index contributed by atoms with van der Waals surface area (Å²) < 4.78 is 7.04. The number of ether oxygens (including phenoxy) is 1. The van der Waals surface area contributed by atoms with E-state index in [4.69, 9.17) is 10.5 Å². The van der Waals surface area contributed by atoms with Gasteiger partial charge in [-0.05, 0) is 23.3 Å². The quantitative estimate of drug-likeness (QED) is 0.867. The summed E-state index contributed by atoms with van der Waals surface area (Å²) in [7, 11) is 0. The molecular weight excluding hydrogens is 256 g/mol. The highest BCUT2D eigenvalue weighted by atomic mass is 16.5. The fourth-order valence-electron chi connectivity index (χ4n) is 2.20. The van der Waals surface area contributed by atoms with Gasteiger partial charge in [0, 0.05) is 18.3 Å². The van der Waals surface area contributed by atoms with E-state index in [1.807, 2.05) is 18.2 Å². The summed E-state index contributed by atoms with van der Waals surface area (Å²) in [4.78, 5) is 12.0. The van der Waals surface area contributed by atoms with Gasteiger partial charge in [0.1, 0.15) is 0 Å². The van der Waals surface area contributed by atoms with Crippen LogP contribution in [0.2, 0.25) is 0 Å². The summed E-state index contributed by atoms with van der Waals surface area (Å²) in [5.41, 5.74) is 9.11. The van der Waals surface area contributed by atoms with Crippen molar-refractivity contribution in [3.63, 3.8) is 0 Å². The summed E-state index contributed by atoms with van der Waals surface area (Å²) in [5, 5.41) is 6.92. The molecule has 20 heavy (non-hydrogen) atoms. The Morgan fingerprint density at radius 3 is 3.05 bits per heavy atom. The SMILES string of the molecule is Nc1cnn(CCNC(=O)c2ccc3c(c2)COC3)c1. The number of amides is 1. The highest BCUT2D eigenvalue weighted by molar-refractivity contribution is 5.94. The van der Waals surface area contributed by atoms with Gasteiger partial charge in [-0.3, -0.25) is 9.48 Å². The van der Waals surface area contributed by atoms with Gasteiger partial charge in [-0.1, -0.05) is 6.07 Å². The number of nitrogens with two attached hydrogens (primary N) is 1. The number of hydrogen-bond donors (Lipinski definition) is 2. The predicted molar refractivity (Wildman–Crippen MR) is 73.9 cm³/mol. The van der Waals surface area contributed by atoms with Gasteiger partial charge in [0.15, 0.2) is 0 Å². The lowest BCUT2D eigenvalue weighted by Crippen LogP contribution is -2.27. The maximum Gasteiger partial charge on any atom is 0.251 e. The van der Waals surface area contributed by atoms with Gasteiger partial charge in [0.2, 0.25) is 0 Å². The number of benzene rings is 1. The smallest absolute Gasteiger partial charge is 0.251 e. The summed E-state index contributed by atoms with van der Waals surface area (Å²) in [6.45, 7) is 2.32. The summed E-state index contributed by atoms with van der Waals surface area (Å²) in [5.74, 6) is -0.0835. The van der Waals surface area contributed by atoms with Gasteiger partial charge in [0.25, 0.3) is 5.91 Å². The Morgan fingerprint density at radius 1 is 1.40 bits per heavy atom. The number of nitrogens with zero attached hydrogens (tertiary/aromatic N) is 2. The van der Waals surface area contributed by atoms with Gasteiger partial charge in [-0.15, -0.1) is 0 Å². The molecule has 1 aromatic heterocycles. The van der Waals surface area contributed by atoms with E-state index in [0.717, 1.165) is 11.1 Å². The monoisotopic (exact) mass is 272 g/mol. The van der Waals surface area contributed by atoms with E-state index in [-0.39, 0.29) is 5.91 Å². The van der Waals surface area contributed by atoms with Crippen LogP contribution in [0.15, 0.2) is 30.6 Å². The number of rotatable bonds is 4. The van der Waals surface area contributed by atoms with Crippen molar-refractivity contribution in [2.24, 2.45) is 0 Å². The molecule has 0 saturated heterocycles. The Balaban J connectivity index is 1.56. The van der Waals surface area contributed by atoms with Crippen LogP contribution < -0.4 is 11.1 Å². The Morgan fingerprint density at radius 2 is 2.25 bits per heavy atom. The molecule has 1 amide bonds. The topological polar surface area (TPSA) is 82.2 Å². The zero-order chi connectivity index (χ0) is 13.9. The first kappa shape index (κ1) is 12.7. The first-order valence-corrected chi connectivity index (χ1v) is 6.48. The van der Waals surface area contributed by atoms with Gasteiger partial charge in [-0.2, -0.15) is 5.10 Å². The maximum atomic E-state index is 12.0. The molecule has 0 atom stereocenters. The molecule has 0 saturated carbocycles. The van der Waals surface area contributed by atoms with E-state index in [0.29, 0.717) is 37.6 Å². The molecule has 1 aromatic carbocycles. The van der Waals surface area contributed by atoms with Crippen molar-refractivity contribution in [1.29, 1.82) is 0 Å². The van der Waals surface area contributed by atoms with Crippen LogP contribution >= 0.6 is 0 Å². The van der Waals surface area contributed by atoms with Crippen LogP contribution in [0, 0.1) is 0 Å². The highest BCUT2D eigenvalue weighted by Gasteiger charge is 2.14. The molecular formula is C14H16N4O2. The van der Waals surface area contributed by atoms with Crippen molar-refractivity contribution >= 4 is 11.6 Å². The van der Waals surface area contributed by atoms with Crippen LogP contribution in [-0.4, -0.2) is 22.2 Å². The number of fused-ring (bicyclic) bond motifs is 1. The zero-order valence-corrected chi connectivity index (χ0v) is 11.0. The van der Waals surface area contributed by atoms with E-state index >= 15 is 0 Å². The van der Waals surface area contributed by atoms with Gasteiger partial charge in [0.05, 0.1) is 31.6 Å². The van der Waals surface area contributed by atoms with Crippen LogP contribution in [0.1, 0.15) is 21.5 Å². The van der Waals surface area contributed by atoms with Crippen LogP contribution in [0.25, 0.3) is 0 Å². The molecule has 0 unspecified atom stereocenters. The second kappa shape index (κ2) is 5.34. The van der Waals surface area contributed by atoms with Crippen LogP contribution in [0.3, 0.4) is 0 Å². The Bertz CT molecular complexity index is 636. The molecule has 2 aromatic rings. The lowest BCUT2D eigenvalue weighted by atomic mass is 10.1. The van der Waals surface area contributed by atoms with Crippen molar-refractivity contribution in [2.45, 2.75) is 19.8 Å². The fourth-order valence-corrected chi connectivity index (χ4v) is 2.20. The number of nitrogens with one attached hydrogen (secondary N) is 1. The largest absolute Gasteiger partial charge is 0.396 e. The first-order valence-electron chi connectivity index (χ1n) is 6.48. The fraction of sp³-hybridized carbons (Fsp3) is 0.286. The number of aromatic nitrogens is 2. The Hall–Kier alpha value is -2.34. The Labute approximate surface area is 116 Å². The summed E-state index contributed by atoms with van der Waals surface area (Å²) in [6, 6.07) is 5.67. The molecule has 3 rings (SSSR count). The summed E-state index contributed by atoms with van der Waals surface area (Å²) in [6.07, 6.45) is 3.32. The average Bonchev–Trinajstić information content (AvgIpc) is 3.06. The summed E-state index contributed by atoms with van der Waals surface area (Å²) >= 11 is 0. The number of carbonyl (C=O) groups is 1. The average molecular weight is 272 g/mol. The molecule has 6 nitrogen and oxygen atoms in total. The zero-order valence-electron chi connectivity index (χ0n) is 11.0. The molecule has 2 heterocycles. The van der Waals surface area contributed by atoms with E-state index in [2.05, 4.69) is 10.4 Å². The third kappa shape index (κ3) is 2.65. The molecule has 1 aliphatic rings. The van der Waals surface area contributed by atoms with Gasteiger partial charge < -0.3 is 15.8 Å². The normalized spacial score (nSPS) is 13.2. The van der Waals surface area contributed by atoms with E-state index in [9.17, 15) is 4.79 Å². The molecule has 0 radical (unpaired) electrons. The minimum atomic E-state index is -0.0835. The minimum absolute atomic E-state index is 0.0835. The highest BCUT2D eigenvalue weighted by Crippen LogP contribution is 2.20. The molecule has 6 heteroatoms. The number of hydrogen-bond acceptors (Lipinski definition) is 4. The van der Waals surface area contributed by atoms with Crippen molar-refractivity contribution in [3.05, 3.63) is 47.3 Å². The second-order valence-corrected chi connectivity index (χ2v) is 4.77. The number of anilines is 1. The molecule has 0 bridgehead atoms. The van der Waals surface area contributed by atoms with Crippen molar-refractivity contribution in [3.8, 4) is 0 Å². The first-order chi connectivity index (χ1) is 9.72. The predicted octanol–water partition coefficient (Wildman–Crippen LogP) is 0.925. The molecule has 0 spiro atoms. The standard InChI is InChI=1S/C14H16N4O2/c15-13-6-17-18(7-13)4-3-16-14(19)10-1-2-11-8-20-9-12(11)5-10/h1-2,5-7H,3-4,8-9,15H2,(H,16,19). The maximum absolute atomic E-state index is 12.0. The number of carbonyl (C=O) groups excluding carboxylic acids is 1. The van der Waals surface area contributed by atoms with Gasteiger partial charge in [-0.25, -0.2) is 0 Å². The number of nitrogen functional groups attached to an aromatic ring is 1. The van der Waals surface area contributed by atoms with E-state index in [1.165, 1.54) is 0 Å². The molecule has 3 N–H and O–H groups in total. The lowest BCUT2D eigenvalue weighted by Gasteiger charge is -2.06. The third-order valence-electron chi connectivity index (χ3n) is 3.26. The van der Waals surface area contributed by atoms with Crippen LogP contribution in [-0.2, 0) is 24.5 Å². The van der Waals surface area contributed by atoms with Gasteiger partial charge >= 0.3 is 0 Å². The molecule has 0 aliphatic carbocycles. The molecule has 104 valence electrons. The van der Waals surface area contributed by atoms with Crippen LogP contribution in [0.5, 0.6) is 0 Å². The second-order valence-electron chi connectivity index (χ2n) is 4.77. The Kier molecular flexibility index (Phi) is 3.39. The van der Waals surface area contributed by atoms with Crippen molar-refractivity contribution < 1.29 is 9.53 Å². The molecule has 1 aliphatic heterocycles. The van der Waals surface area contributed by atoms with Crippen molar-refractivity contribution in [2.75, 3.05) is 12.3 Å². The van der Waals surface area contributed by atoms with E-state index < -0.39 is 0 Å². The van der Waals surface area contributed by atoms with Crippen molar-refractivity contribution in [1.82, 2.24) is 15.1 Å².